The van der Waals surface area contributed by atoms with Crippen LogP contribution in [0.15, 0.2) is 24.3 Å². The minimum atomic E-state index is -0.130. The molecule has 0 aliphatic heterocycles. The molecular weight excluding hydrogens is 200 g/mol. The Labute approximate surface area is 97.6 Å². The third-order valence-corrected chi connectivity index (χ3v) is 2.55. The summed E-state index contributed by atoms with van der Waals surface area (Å²) < 4.78 is 5.17. The predicted molar refractivity (Wildman–Crippen MR) is 65.3 cm³/mol. The molecule has 0 N–H and O–H groups in total. The molecule has 0 fully saturated rings. The normalized spacial score (nSPS) is 10.5. The highest BCUT2D eigenvalue weighted by Crippen LogP contribution is 2.08. The van der Waals surface area contributed by atoms with E-state index in [2.05, 4.69) is 13.8 Å². The zero-order valence-electron chi connectivity index (χ0n) is 10.3. The molecule has 0 radical (unpaired) electrons. The zero-order chi connectivity index (χ0) is 12.0. The number of hydrogen-bond acceptors (Lipinski definition) is 2. The van der Waals surface area contributed by atoms with Crippen molar-refractivity contribution in [1.29, 1.82) is 0 Å². The van der Waals surface area contributed by atoms with Crippen LogP contribution < -0.4 is 0 Å². The Morgan fingerprint density at radius 3 is 2.62 bits per heavy atom. The second-order valence-corrected chi connectivity index (χ2v) is 4.51. The molecule has 1 rings (SSSR count). The predicted octanol–water partition coefficient (Wildman–Crippen LogP) is 3.13. The molecule has 2 heteroatoms. The monoisotopic (exact) mass is 220 g/mol. The van der Waals surface area contributed by atoms with E-state index >= 15 is 0 Å². The average Bonchev–Trinajstić information content (AvgIpc) is 2.21. The number of carbonyl (C=O) groups excluding carboxylic acids is 1. The molecule has 0 spiro atoms. The number of rotatable bonds is 5. The third kappa shape index (κ3) is 4.47. The van der Waals surface area contributed by atoms with Crippen molar-refractivity contribution in [2.75, 3.05) is 6.61 Å². The van der Waals surface area contributed by atoms with E-state index in [-0.39, 0.29) is 5.97 Å². The van der Waals surface area contributed by atoms with Crippen LogP contribution in [0.5, 0.6) is 0 Å². The van der Waals surface area contributed by atoms with E-state index < -0.39 is 0 Å². The lowest BCUT2D eigenvalue weighted by Gasteiger charge is -2.08. The van der Waals surface area contributed by atoms with Gasteiger partial charge in [0.2, 0.25) is 0 Å². The van der Waals surface area contributed by atoms with Crippen molar-refractivity contribution in [3.05, 3.63) is 35.4 Å². The Morgan fingerprint density at radius 1 is 1.31 bits per heavy atom. The summed E-state index contributed by atoms with van der Waals surface area (Å²) in [6.45, 7) is 6.78. The van der Waals surface area contributed by atoms with Crippen LogP contribution in [-0.4, -0.2) is 12.6 Å². The molecule has 0 aromatic heterocycles. The molecule has 0 bridgehead atoms. The molecule has 0 amide bonds. The van der Waals surface area contributed by atoms with Crippen LogP contribution in [0.25, 0.3) is 0 Å². The van der Waals surface area contributed by atoms with Gasteiger partial charge < -0.3 is 4.74 Å². The van der Waals surface area contributed by atoms with Crippen molar-refractivity contribution >= 4 is 5.97 Å². The molecule has 0 atom stereocenters. The SMILES string of the molecule is Cc1ccccc1CC(=O)OCCC(C)C. The summed E-state index contributed by atoms with van der Waals surface area (Å²) in [7, 11) is 0. The van der Waals surface area contributed by atoms with Gasteiger partial charge in [0, 0.05) is 0 Å². The van der Waals surface area contributed by atoms with Crippen molar-refractivity contribution in [2.45, 2.75) is 33.6 Å². The maximum Gasteiger partial charge on any atom is 0.310 e. The van der Waals surface area contributed by atoms with Gasteiger partial charge in [-0.05, 0) is 30.4 Å². The summed E-state index contributed by atoms with van der Waals surface area (Å²) in [6, 6.07) is 7.91. The maximum absolute atomic E-state index is 11.5. The van der Waals surface area contributed by atoms with Gasteiger partial charge in [-0.2, -0.15) is 0 Å². The van der Waals surface area contributed by atoms with Crippen LogP contribution in [0.3, 0.4) is 0 Å². The van der Waals surface area contributed by atoms with E-state index in [4.69, 9.17) is 4.74 Å². The Balaban J connectivity index is 2.37. The molecule has 16 heavy (non-hydrogen) atoms. The highest BCUT2D eigenvalue weighted by atomic mass is 16.5. The van der Waals surface area contributed by atoms with Gasteiger partial charge in [-0.1, -0.05) is 38.1 Å². The molecule has 2 nitrogen and oxygen atoms in total. The number of carbonyl (C=O) groups is 1. The minimum Gasteiger partial charge on any atom is -0.465 e. The first kappa shape index (κ1) is 12.8. The third-order valence-electron chi connectivity index (χ3n) is 2.55. The van der Waals surface area contributed by atoms with E-state index in [1.54, 1.807) is 0 Å². The van der Waals surface area contributed by atoms with Gasteiger partial charge in [0.25, 0.3) is 0 Å². The Hall–Kier alpha value is -1.31. The van der Waals surface area contributed by atoms with E-state index in [1.807, 2.05) is 31.2 Å². The standard InChI is InChI=1S/C14H20O2/c1-11(2)8-9-16-14(15)10-13-7-5-4-6-12(13)3/h4-7,11H,8-10H2,1-3H3. The summed E-state index contributed by atoms with van der Waals surface area (Å²) in [5.41, 5.74) is 2.19. The quantitative estimate of drug-likeness (QED) is 0.713. The first-order valence-corrected chi connectivity index (χ1v) is 5.79. The molecule has 88 valence electrons. The largest absolute Gasteiger partial charge is 0.465 e. The van der Waals surface area contributed by atoms with E-state index in [9.17, 15) is 4.79 Å². The van der Waals surface area contributed by atoms with Crippen LogP contribution in [0.1, 0.15) is 31.4 Å². The van der Waals surface area contributed by atoms with Crippen molar-refractivity contribution in [3.8, 4) is 0 Å². The summed E-state index contributed by atoms with van der Waals surface area (Å²) in [5, 5.41) is 0. The van der Waals surface area contributed by atoms with E-state index in [0.29, 0.717) is 18.9 Å². The summed E-state index contributed by atoms with van der Waals surface area (Å²) in [6.07, 6.45) is 1.31. The van der Waals surface area contributed by atoms with Crippen LogP contribution in [0, 0.1) is 12.8 Å². The molecule has 0 unspecified atom stereocenters. The number of hydrogen-bond donors (Lipinski definition) is 0. The van der Waals surface area contributed by atoms with Crippen molar-refractivity contribution in [2.24, 2.45) is 5.92 Å². The topological polar surface area (TPSA) is 26.3 Å². The van der Waals surface area contributed by atoms with Crippen LogP contribution in [0.2, 0.25) is 0 Å². The number of ether oxygens (including phenoxy) is 1. The van der Waals surface area contributed by atoms with Crippen molar-refractivity contribution in [1.82, 2.24) is 0 Å². The first-order chi connectivity index (χ1) is 7.59. The van der Waals surface area contributed by atoms with Crippen LogP contribution in [0.4, 0.5) is 0 Å². The average molecular weight is 220 g/mol. The molecular formula is C14H20O2. The zero-order valence-corrected chi connectivity index (χ0v) is 10.3. The van der Waals surface area contributed by atoms with E-state index in [0.717, 1.165) is 17.5 Å². The lowest BCUT2D eigenvalue weighted by molar-refractivity contribution is -0.143. The number of benzene rings is 1. The van der Waals surface area contributed by atoms with Gasteiger partial charge in [-0.25, -0.2) is 0 Å². The fourth-order valence-corrected chi connectivity index (χ4v) is 1.42. The highest BCUT2D eigenvalue weighted by Gasteiger charge is 2.06. The number of esters is 1. The Kier molecular flexibility index (Phi) is 5.03. The first-order valence-electron chi connectivity index (χ1n) is 5.79. The Morgan fingerprint density at radius 2 is 2.00 bits per heavy atom. The maximum atomic E-state index is 11.5. The van der Waals surface area contributed by atoms with E-state index in [1.165, 1.54) is 0 Å². The molecule has 0 heterocycles. The van der Waals surface area contributed by atoms with Crippen LogP contribution >= 0.6 is 0 Å². The molecule has 1 aromatic rings. The van der Waals surface area contributed by atoms with Crippen molar-refractivity contribution in [3.63, 3.8) is 0 Å². The van der Waals surface area contributed by atoms with Gasteiger partial charge in [-0.15, -0.1) is 0 Å². The fourth-order valence-electron chi connectivity index (χ4n) is 1.42. The van der Waals surface area contributed by atoms with Gasteiger partial charge >= 0.3 is 5.97 Å². The Bertz CT molecular complexity index is 342. The second kappa shape index (κ2) is 6.31. The molecule has 0 aliphatic carbocycles. The molecule has 0 aliphatic rings. The van der Waals surface area contributed by atoms with Crippen molar-refractivity contribution < 1.29 is 9.53 Å². The highest BCUT2D eigenvalue weighted by molar-refractivity contribution is 5.73. The van der Waals surface area contributed by atoms with Gasteiger partial charge in [0.1, 0.15) is 0 Å². The lowest BCUT2D eigenvalue weighted by Crippen LogP contribution is -2.11. The van der Waals surface area contributed by atoms with Gasteiger partial charge in [0.05, 0.1) is 13.0 Å². The fraction of sp³-hybridized carbons (Fsp3) is 0.500. The minimum absolute atomic E-state index is 0.130. The van der Waals surface area contributed by atoms with Gasteiger partial charge in [0.15, 0.2) is 0 Å². The lowest BCUT2D eigenvalue weighted by atomic mass is 10.1. The number of aryl methyl sites for hydroxylation is 1. The molecule has 1 aromatic carbocycles. The summed E-state index contributed by atoms with van der Waals surface area (Å²) in [4.78, 5) is 11.5. The smallest absolute Gasteiger partial charge is 0.310 e. The second-order valence-electron chi connectivity index (χ2n) is 4.51. The summed E-state index contributed by atoms with van der Waals surface area (Å²) in [5.74, 6) is 0.446. The summed E-state index contributed by atoms with van der Waals surface area (Å²) >= 11 is 0. The molecule has 0 saturated heterocycles. The molecule has 0 saturated carbocycles. The van der Waals surface area contributed by atoms with Crippen LogP contribution in [-0.2, 0) is 16.0 Å². The van der Waals surface area contributed by atoms with Gasteiger partial charge in [-0.3, -0.25) is 4.79 Å².